The molecule has 0 spiro atoms. The van der Waals surface area contributed by atoms with Crippen LogP contribution >= 0.6 is 0 Å². The second-order valence-electron chi connectivity index (χ2n) is 7.20. The first-order chi connectivity index (χ1) is 10.7. The van der Waals surface area contributed by atoms with Gasteiger partial charge in [0.1, 0.15) is 0 Å². The average Bonchev–Trinajstić information content (AvgIpc) is 2.44. The predicted octanol–water partition coefficient (Wildman–Crippen LogP) is 4.96. The zero-order chi connectivity index (χ0) is 17.1. The minimum absolute atomic E-state index is 0.119. The molecule has 0 aliphatic heterocycles. The van der Waals surface area contributed by atoms with Gasteiger partial charge in [0.05, 0.1) is 11.7 Å². The molecule has 1 aromatic carbocycles. The first-order valence-corrected chi connectivity index (χ1v) is 11.6. The van der Waals surface area contributed by atoms with E-state index in [0.29, 0.717) is 5.56 Å². The van der Waals surface area contributed by atoms with Gasteiger partial charge in [-0.15, -0.1) is 0 Å². The maximum atomic E-state index is 13.1. The van der Waals surface area contributed by atoms with Crippen LogP contribution in [-0.4, -0.2) is 20.5 Å². The van der Waals surface area contributed by atoms with Gasteiger partial charge in [0.2, 0.25) is 0 Å². The van der Waals surface area contributed by atoms with Crippen molar-refractivity contribution in [2.75, 3.05) is 0 Å². The molecule has 0 unspecified atom stereocenters. The van der Waals surface area contributed by atoms with E-state index in [1.165, 1.54) is 6.07 Å². The number of halogens is 3. The predicted molar refractivity (Wildman–Crippen MR) is 88.8 cm³/mol. The Balaban J connectivity index is 2.04. The van der Waals surface area contributed by atoms with Gasteiger partial charge < -0.3 is 9.74 Å². The summed E-state index contributed by atoms with van der Waals surface area (Å²) in [5.41, 5.74) is -0.247. The topological polar surface area (TPSA) is 21.3 Å². The highest BCUT2D eigenvalue weighted by atomic mass is 28.4. The van der Waals surface area contributed by atoms with Crippen LogP contribution in [0.4, 0.5) is 13.2 Å². The van der Waals surface area contributed by atoms with Gasteiger partial charge in [0.25, 0.3) is 0 Å². The summed E-state index contributed by atoms with van der Waals surface area (Å²) in [5.74, 6) is 0. The number of nitrogens with one attached hydrogen (secondary N) is 1. The summed E-state index contributed by atoms with van der Waals surface area (Å²) < 4.78 is 45.4. The number of hydrogen-bond acceptors (Lipinski definition) is 2. The van der Waals surface area contributed by atoms with Crippen molar-refractivity contribution >= 4 is 8.32 Å². The second-order valence-corrected chi connectivity index (χ2v) is 11.7. The minimum Gasteiger partial charge on any atom is -0.413 e. The van der Waals surface area contributed by atoms with Crippen LogP contribution in [0.1, 0.15) is 36.8 Å². The first kappa shape index (κ1) is 18.5. The third kappa shape index (κ3) is 5.62. The van der Waals surface area contributed by atoms with Crippen LogP contribution < -0.4 is 5.32 Å². The van der Waals surface area contributed by atoms with Gasteiger partial charge in [-0.2, -0.15) is 13.2 Å². The molecule has 1 aliphatic rings. The van der Waals surface area contributed by atoms with E-state index in [0.717, 1.165) is 31.7 Å². The third-order valence-corrected chi connectivity index (χ3v) is 5.09. The van der Waals surface area contributed by atoms with Crippen LogP contribution in [0.25, 0.3) is 0 Å². The quantitative estimate of drug-likeness (QED) is 0.762. The van der Waals surface area contributed by atoms with Crippen molar-refractivity contribution < 1.29 is 17.6 Å². The van der Waals surface area contributed by atoms with Crippen LogP contribution in [0.3, 0.4) is 0 Å². The summed E-state index contributed by atoms with van der Waals surface area (Å²) in [7, 11) is -1.66. The third-order valence-electron chi connectivity index (χ3n) is 4.08. The van der Waals surface area contributed by atoms with Crippen molar-refractivity contribution in [1.82, 2.24) is 5.32 Å². The summed E-state index contributed by atoms with van der Waals surface area (Å²) in [4.78, 5) is 0. The molecule has 1 aromatic rings. The summed E-state index contributed by atoms with van der Waals surface area (Å²) in [6.45, 7) is 6.68. The molecule has 1 N–H and O–H groups in total. The van der Waals surface area contributed by atoms with Crippen molar-refractivity contribution in [2.24, 2.45) is 0 Å². The zero-order valence-electron chi connectivity index (χ0n) is 14.0. The number of hydrogen-bond donors (Lipinski definition) is 1. The summed E-state index contributed by atoms with van der Waals surface area (Å²) in [6, 6.07) is 5.92. The Labute approximate surface area is 137 Å². The molecular formula is C17H26F3NOSi. The molecular weight excluding hydrogens is 319 g/mol. The van der Waals surface area contributed by atoms with E-state index in [-0.39, 0.29) is 18.7 Å². The standard InChI is InChI=1S/C17H26F3NOSi/c1-23(2,3)22-16-11-7-6-10-15(16)21-12-13-8-4-5-9-14(13)17(18,19)20/h4-5,8-9,15-16,21H,6-7,10-12H2,1-3H3/t15-,16-/m0/s1. The molecule has 1 saturated carbocycles. The molecule has 23 heavy (non-hydrogen) atoms. The molecule has 0 amide bonds. The van der Waals surface area contributed by atoms with Gasteiger partial charge in [-0.3, -0.25) is 0 Å². The van der Waals surface area contributed by atoms with Crippen molar-refractivity contribution in [1.29, 1.82) is 0 Å². The second kappa shape index (κ2) is 7.36. The maximum absolute atomic E-state index is 13.1. The van der Waals surface area contributed by atoms with E-state index < -0.39 is 20.1 Å². The normalized spacial score (nSPS) is 23.0. The molecule has 2 atom stereocenters. The minimum atomic E-state index is -4.31. The van der Waals surface area contributed by atoms with Gasteiger partial charge >= 0.3 is 6.18 Å². The molecule has 0 aromatic heterocycles. The van der Waals surface area contributed by atoms with Gasteiger partial charge in [0.15, 0.2) is 8.32 Å². The van der Waals surface area contributed by atoms with E-state index in [2.05, 4.69) is 25.0 Å². The Hall–Kier alpha value is -0.853. The van der Waals surface area contributed by atoms with E-state index in [1.54, 1.807) is 12.1 Å². The molecule has 1 fully saturated rings. The number of benzene rings is 1. The maximum Gasteiger partial charge on any atom is 0.416 e. The summed E-state index contributed by atoms with van der Waals surface area (Å²) in [5, 5.41) is 3.32. The molecule has 0 bridgehead atoms. The van der Waals surface area contributed by atoms with Crippen LogP contribution in [0.15, 0.2) is 24.3 Å². The molecule has 0 saturated heterocycles. The Morgan fingerprint density at radius 1 is 1.13 bits per heavy atom. The molecule has 2 nitrogen and oxygen atoms in total. The molecule has 130 valence electrons. The lowest BCUT2D eigenvalue weighted by Crippen LogP contribution is -2.47. The lowest BCUT2D eigenvalue weighted by Gasteiger charge is -2.36. The fourth-order valence-electron chi connectivity index (χ4n) is 3.12. The summed E-state index contributed by atoms with van der Waals surface area (Å²) in [6.07, 6.45) is -0.00421. The first-order valence-electron chi connectivity index (χ1n) is 8.23. The highest BCUT2D eigenvalue weighted by molar-refractivity contribution is 6.69. The lowest BCUT2D eigenvalue weighted by atomic mass is 9.92. The Bertz CT molecular complexity index is 513. The summed E-state index contributed by atoms with van der Waals surface area (Å²) >= 11 is 0. The Morgan fingerprint density at radius 3 is 2.43 bits per heavy atom. The van der Waals surface area contributed by atoms with Crippen LogP contribution in [0.5, 0.6) is 0 Å². The smallest absolute Gasteiger partial charge is 0.413 e. The fraction of sp³-hybridized carbons (Fsp3) is 0.647. The Morgan fingerprint density at radius 2 is 1.78 bits per heavy atom. The van der Waals surface area contributed by atoms with Crippen LogP contribution in [0.2, 0.25) is 19.6 Å². The SMILES string of the molecule is C[Si](C)(C)O[C@H]1CCCC[C@@H]1NCc1ccccc1C(F)(F)F. The molecule has 6 heteroatoms. The van der Waals surface area contributed by atoms with Gasteiger partial charge in [-0.1, -0.05) is 31.0 Å². The molecule has 0 heterocycles. The van der Waals surface area contributed by atoms with Crippen molar-refractivity contribution in [3.8, 4) is 0 Å². The average molecular weight is 345 g/mol. The van der Waals surface area contributed by atoms with Crippen molar-refractivity contribution in [2.45, 2.75) is 70.2 Å². The molecule has 0 radical (unpaired) electrons. The highest BCUT2D eigenvalue weighted by Gasteiger charge is 2.34. The highest BCUT2D eigenvalue weighted by Crippen LogP contribution is 2.32. The monoisotopic (exact) mass is 345 g/mol. The zero-order valence-corrected chi connectivity index (χ0v) is 15.0. The molecule has 2 rings (SSSR count). The lowest BCUT2D eigenvalue weighted by molar-refractivity contribution is -0.138. The van der Waals surface area contributed by atoms with E-state index >= 15 is 0 Å². The van der Waals surface area contributed by atoms with E-state index in [1.807, 2.05) is 0 Å². The fourth-order valence-corrected chi connectivity index (χ4v) is 4.31. The van der Waals surface area contributed by atoms with E-state index in [9.17, 15) is 13.2 Å². The molecule has 1 aliphatic carbocycles. The van der Waals surface area contributed by atoms with Crippen LogP contribution in [-0.2, 0) is 17.1 Å². The van der Waals surface area contributed by atoms with Gasteiger partial charge in [-0.05, 0) is 44.1 Å². The van der Waals surface area contributed by atoms with E-state index in [4.69, 9.17) is 4.43 Å². The van der Waals surface area contributed by atoms with Crippen molar-refractivity contribution in [3.05, 3.63) is 35.4 Å². The number of alkyl halides is 3. The van der Waals surface area contributed by atoms with Crippen LogP contribution in [0, 0.1) is 0 Å². The van der Waals surface area contributed by atoms with Gasteiger partial charge in [-0.25, -0.2) is 0 Å². The van der Waals surface area contributed by atoms with Gasteiger partial charge in [0, 0.05) is 12.6 Å². The Kier molecular flexibility index (Phi) is 5.92. The number of rotatable bonds is 5. The largest absolute Gasteiger partial charge is 0.416 e. The van der Waals surface area contributed by atoms with Crippen molar-refractivity contribution in [3.63, 3.8) is 0 Å².